The second-order valence-corrected chi connectivity index (χ2v) is 7.32. The zero-order valence-electron chi connectivity index (χ0n) is 17.1. The molecule has 1 aliphatic rings. The van der Waals surface area contributed by atoms with Crippen molar-refractivity contribution in [2.24, 2.45) is 0 Å². The van der Waals surface area contributed by atoms with Gasteiger partial charge in [0, 0.05) is 17.7 Å². The molecule has 1 saturated heterocycles. The maximum Gasteiger partial charge on any atom is 0.335 e. The zero-order chi connectivity index (χ0) is 23.9. The average Bonchev–Trinajstić information content (AvgIpc) is 2.80. The predicted molar refractivity (Wildman–Crippen MR) is 111 cm³/mol. The molecule has 1 fully saturated rings. The van der Waals surface area contributed by atoms with E-state index in [1.54, 1.807) is 30.3 Å². The van der Waals surface area contributed by atoms with E-state index < -0.39 is 53.6 Å². The van der Waals surface area contributed by atoms with Gasteiger partial charge in [0.15, 0.2) is 23.0 Å². The lowest BCUT2D eigenvalue weighted by molar-refractivity contribution is -0.271. The van der Waals surface area contributed by atoms with Gasteiger partial charge in [0.25, 0.3) is 0 Å². The molecule has 1 aliphatic heterocycles. The Bertz CT molecular complexity index is 1240. The molecule has 3 aromatic rings. The highest BCUT2D eigenvalue weighted by Gasteiger charge is 2.48. The molecule has 0 amide bonds. The molecule has 33 heavy (non-hydrogen) atoms. The normalized spacial score (nSPS) is 25.0. The molecule has 0 aliphatic carbocycles. The zero-order valence-corrected chi connectivity index (χ0v) is 17.1. The Kier molecular flexibility index (Phi) is 5.95. The summed E-state index contributed by atoms with van der Waals surface area (Å²) in [6.45, 7) is 0. The quantitative estimate of drug-likeness (QED) is 0.357. The third-order valence-electron chi connectivity index (χ3n) is 5.24. The number of hydrogen-bond acceptors (Lipinski definition) is 10. The Morgan fingerprint density at radius 1 is 1.03 bits per heavy atom. The van der Waals surface area contributed by atoms with Crippen molar-refractivity contribution in [2.45, 2.75) is 30.7 Å². The smallest absolute Gasteiger partial charge is 0.335 e. The topological polar surface area (TPSA) is 176 Å². The molecule has 0 saturated carbocycles. The molecule has 11 heteroatoms. The second kappa shape index (κ2) is 8.71. The van der Waals surface area contributed by atoms with Crippen molar-refractivity contribution in [2.75, 3.05) is 7.11 Å². The summed E-state index contributed by atoms with van der Waals surface area (Å²) in [5.74, 6) is -2.70. The largest absolute Gasteiger partial charge is 0.502 e. The fourth-order valence-electron chi connectivity index (χ4n) is 3.54. The number of rotatable bonds is 5. The first kappa shape index (κ1) is 22.6. The fraction of sp³-hybridized carbons (Fsp3) is 0.273. The van der Waals surface area contributed by atoms with E-state index in [1.165, 1.54) is 19.2 Å². The number of hydrogen-bond donors (Lipinski definition) is 5. The summed E-state index contributed by atoms with van der Waals surface area (Å²) in [6.07, 6.45) is -9.59. The minimum atomic E-state index is -1.94. The minimum absolute atomic E-state index is 0.0355. The lowest BCUT2D eigenvalue weighted by Crippen LogP contribution is -2.61. The molecule has 5 unspecified atom stereocenters. The first-order valence-corrected chi connectivity index (χ1v) is 9.75. The summed E-state index contributed by atoms with van der Waals surface area (Å²) in [4.78, 5) is 24.3. The molecular formula is C22H20O11. The van der Waals surface area contributed by atoms with Gasteiger partial charge < -0.3 is 44.2 Å². The van der Waals surface area contributed by atoms with E-state index in [-0.39, 0.29) is 22.5 Å². The van der Waals surface area contributed by atoms with Crippen LogP contribution in [0.4, 0.5) is 0 Å². The molecule has 5 N–H and O–H groups in total. The van der Waals surface area contributed by atoms with Crippen molar-refractivity contribution in [3.05, 3.63) is 52.7 Å². The van der Waals surface area contributed by atoms with E-state index in [0.29, 0.717) is 5.56 Å². The number of aliphatic hydroxyl groups excluding tert-OH is 3. The van der Waals surface area contributed by atoms with Crippen LogP contribution in [-0.2, 0) is 9.53 Å². The summed E-state index contributed by atoms with van der Waals surface area (Å²) in [5.41, 5.74) is -0.0474. The van der Waals surface area contributed by atoms with Crippen LogP contribution in [0.1, 0.15) is 0 Å². The Balaban J connectivity index is 1.84. The number of aliphatic carboxylic acids is 1. The van der Waals surface area contributed by atoms with Gasteiger partial charge in [0.05, 0.1) is 7.11 Å². The second-order valence-electron chi connectivity index (χ2n) is 7.32. The van der Waals surface area contributed by atoms with Gasteiger partial charge in [0.2, 0.25) is 12.0 Å². The third-order valence-corrected chi connectivity index (χ3v) is 5.24. The van der Waals surface area contributed by atoms with E-state index in [9.17, 15) is 35.1 Å². The van der Waals surface area contributed by atoms with Crippen molar-refractivity contribution in [1.82, 2.24) is 0 Å². The van der Waals surface area contributed by atoms with Gasteiger partial charge in [-0.2, -0.15) is 0 Å². The van der Waals surface area contributed by atoms with Crippen LogP contribution in [0.2, 0.25) is 0 Å². The standard InChI is InChI=1S/C22H20O11/c1-30-13-8-12-14(10(23)7-11(31-12)9-5-3-2-4-6-9)19(15(13)24)32-22-18(27)16(25)17(26)20(33-22)21(28)29/h2-8,16-18,20,22,24-27H,1H3,(H,28,29). The van der Waals surface area contributed by atoms with Gasteiger partial charge in [-0.1, -0.05) is 30.3 Å². The van der Waals surface area contributed by atoms with E-state index in [2.05, 4.69) is 0 Å². The highest BCUT2D eigenvalue weighted by atomic mass is 16.7. The van der Waals surface area contributed by atoms with Gasteiger partial charge in [0.1, 0.15) is 35.0 Å². The van der Waals surface area contributed by atoms with Crippen LogP contribution in [0, 0.1) is 0 Å². The molecule has 4 rings (SSSR count). The van der Waals surface area contributed by atoms with E-state index in [4.69, 9.17) is 18.6 Å². The fourth-order valence-corrected chi connectivity index (χ4v) is 3.54. The van der Waals surface area contributed by atoms with Crippen LogP contribution in [0.3, 0.4) is 0 Å². The van der Waals surface area contributed by atoms with E-state index in [1.807, 2.05) is 0 Å². The minimum Gasteiger partial charge on any atom is -0.502 e. The summed E-state index contributed by atoms with van der Waals surface area (Å²) < 4.78 is 21.5. The predicted octanol–water partition coefficient (Wildman–Crippen LogP) is 0.445. The van der Waals surface area contributed by atoms with Crippen molar-refractivity contribution >= 4 is 16.9 Å². The van der Waals surface area contributed by atoms with Crippen LogP contribution in [0.5, 0.6) is 17.2 Å². The number of carboxylic acids is 1. The lowest BCUT2D eigenvalue weighted by Gasteiger charge is -2.38. The molecule has 11 nitrogen and oxygen atoms in total. The average molecular weight is 460 g/mol. The Labute approximate surface area is 185 Å². The van der Waals surface area contributed by atoms with Crippen LogP contribution < -0.4 is 14.9 Å². The molecule has 1 aromatic heterocycles. The molecule has 2 heterocycles. The molecule has 0 bridgehead atoms. The van der Waals surface area contributed by atoms with Crippen LogP contribution in [-0.4, -0.2) is 69.3 Å². The van der Waals surface area contributed by atoms with Crippen molar-refractivity contribution in [1.29, 1.82) is 0 Å². The van der Waals surface area contributed by atoms with Gasteiger partial charge in [-0.15, -0.1) is 0 Å². The number of carbonyl (C=O) groups is 1. The molecule has 174 valence electrons. The van der Waals surface area contributed by atoms with Crippen molar-refractivity contribution < 1.29 is 49.0 Å². The van der Waals surface area contributed by atoms with E-state index in [0.717, 1.165) is 0 Å². The third kappa shape index (κ3) is 3.98. The Morgan fingerprint density at radius 3 is 2.36 bits per heavy atom. The summed E-state index contributed by atoms with van der Waals surface area (Å²) in [7, 11) is 1.25. The molecular weight excluding hydrogens is 440 g/mol. The monoisotopic (exact) mass is 460 g/mol. The summed E-state index contributed by atoms with van der Waals surface area (Å²) in [5, 5.41) is 49.7. The van der Waals surface area contributed by atoms with Crippen molar-refractivity contribution in [3.8, 4) is 28.6 Å². The number of phenols is 1. The van der Waals surface area contributed by atoms with Crippen molar-refractivity contribution in [3.63, 3.8) is 0 Å². The van der Waals surface area contributed by atoms with E-state index >= 15 is 0 Å². The molecule has 2 aromatic carbocycles. The number of aliphatic hydroxyl groups is 3. The maximum atomic E-state index is 13.0. The van der Waals surface area contributed by atoms with Gasteiger partial charge in [-0.3, -0.25) is 4.79 Å². The molecule has 0 spiro atoms. The Hall–Kier alpha value is -3.64. The van der Waals surface area contributed by atoms with Gasteiger partial charge in [-0.25, -0.2) is 4.79 Å². The number of fused-ring (bicyclic) bond motifs is 1. The lowest BCUT2D eigenvalue weighted by atomic mass is 9.99. The van der Waals surface area contributed by atoms with Gasteiger partial charge >= 0.3 is 5.97 Å². The first-order chi connectivity index (χ1) is 15.7. The number of benzene rings is 2. The summed E-state index contributed by atoms with van der Waals surface area (Å²) >= 11 is 0. The van der Waals surface area contributed by atoms with Crippen LogP contribution in [0.15, 0.2) is 51.7 Å². The number of phenolic OH excluding ortho intramolecular Hbond substituents is 1. The number of ether oxygens (including phenoxy) is 3. The van der Waals surface area contributed by atoms with Gasteiger partial charge in [-0.05, 0) is 0 Å². The maximum absolute atomic E-state index is 13.0. The number of methoxy groups -OCH3 is 1. The molecule has 5 atom stereocenters. The SMILES string of the molecule is COc1cc2oc(-c3ccccc3)cc(=O)c2c(OC2OC(C(=O)O)C(O)C(O)C2O)c1O. The summed E-state index contributed by atoms with van der Waals surface area (Å²) in [6, 6.07) is 11.2. The highest BCUT2D eigenvalue weighted by Crippen LogP contribution is 2.43. The first-order valence-electron chi connectivity index (χ1n) is 9.75. The number of aromatic hydroxyl groups is 1. The van der Waals surface area contributed by atoms with Crippen LogP contribution in [0.25, 0.3) is 22.3 Å². The number of carboxylic acid groups (broad SMARTS) is 1. The highest BCUT2D eigenvalue weighted by molar-refractivity contribution is 5.90. The molecule has 0 radical (unpaired) electrons. The Morgan fingerprint density at radius 2 is 1.73 bits per heavy atom. The van der Waals surface area contributed by atoms with Crippen LogP contribution >= 0.6 is 0 Å².